The van der Waals surface area contributed by atoms with Crippen LogP contribution in [-0.4, -0.2) is 16.2 Å². The highest BCUT2D eigenvalue weighted by Gasteiger charge is 2.10. The van der Waals surface area contributed by atoms with Crippen LogP contribution in [0.2, 0.25) is 5.02 Å². The zero-order valence-corrected chi connectivity index (χ0v) is 13.0. The molecule has 1 heterocycles. The molecule has 0 aliphatic heterocycles. The Morgan fingerprint density at radius 1 is 1.39 bits per heavy atom. The van der Waals surface area contributed by atoms with Gasteiger partial charge in [-0.25, -0.2) is 0 Å². The number of hydrogen-bond acceptors (Lipinski definition) is 4. The van der Waals surface area contributed by atoms with Gasteiger partial charge in [0.05, 0.1) is 11.6 Å². The van der Waals surface area contributed by atoms with Gasteiger partial charge in [0.15, 0.2) is 0 Å². The Kier molecular flexibility index (Phi) is 4.58. The number of aromatic nitrogens is 2. The molecule has 0 aliphatic rings. The molecule has 0 fully saturated rings. The van der Waals surface area contributed by atoms with E-state index in [0.717, 1.165) is 9.13 Å². The van der Waals surface area contributed by atoms with Crippen LogP contribution in [0.4, 0.5) is 0 Å². The van der Waals surface area contributed by atoms with Crippen molar-refractivity contribution in [2.24, 2.45) is 0 Å². The van der Waals surface area contributed by atoms with E-state index < -0.39 is 0 Å². The van der Waals surface area contributed by atoms with Gasteiger partial charge in [0.1, 0.15) is 0 Å². The molecule has 1 aromatic carbocycles. The smallest absolute Gasteiger partial charge is 0.247 e. The third-order valence-corrected chi connectivity index (χ3v) is 3.87. The minimum atomic E-state index is 0.382. The molecule has 4 nitrogen and oxygen atoms in total. The monoisotopic (exact) mass is 377 g/mol. The lowest BCUT2D eigenvalue weighted by Crippen LogP contribution is -2.21. The Labute approximate surface area is 124 Å². The molecule has 0 aliphatic carbocycles. The highest BCUT2D eigenvalue weighted by molar-refractivity contribution is 14.1. The molecule has 0 spiro atoms. The maximum Gasteiger partial charge on any atom is 0.247 e. The van der Waals surface area contributed by atoms with Crippen molar-refractivity contribution in [2.75, 3.05) is 0 Å². The summed E-state index contributed by atoms with van der Waals surface area (Å²) in [6.07, 6.45) is 0. The predicted molar refractivity (Wildman–Crippen MR) is 79.4 cm³/mol. The number of benzene rings is 1. The molecule has 0 bridgehead atoms. The second kappa shape index (κ2) is 5.99. The van der Waals surface area contributed by atoms with Gasteiger partial charge in [0.2, 0.25) is 11.8 Å². The molecule has 2 aromatic rings. The summed E-state index contributed by atoms with van der Waals surface area (Å²) in [5, 5.41) is 11.9. The van der Waals surface area contributed by atoms with Crippen molar-refractivity contribution >= 4 is 34.2 Å². The van der Waals surface area contributed by atoms with Crippen LogP contribution in [0.1, 0.15) is 19.7 Å². The van der Waals surface area contributed by atoms with Crippen LogP contribution in [-0.2, 0) is 6.54 Å². The molecular weight excluding hydrogens is 365 g/mol. The Bertz CT molecular complexity index is 542. The van der Waals surface area contributed by atoms with Crippen molar-refractivity contribution in [1.29, 1.82) is 0 Å². The van der Waals surface area contributed by atoms with Gasteiger partial charge in [0, 0.05) is 15.2 Å². The molecule has 0 saturated heterocycles. The number of hydrogen-bond donors (Lipinski definition) is 1. The summed E-state index contributed by atoms with van der Waals surface area (Å²) in [5.41, 5.74) is 0.837. The fraction of sp³-hybridized carbons (Fsp3) is 0.333. The van der Waals surface area contributed by atoms with Crippen LogP contribution < -0.4 is 5.32 Å². The maximum atomic E-state index is 6.06. The topological polar surface area (TPSA) is 51.0 Å². The van der Waals surface area contributed by atoms with Crippen LogP contribution >= 0.6 is 34.2 Å². The number of nitrogens with zero attached hydrogens (tertiary/aromatic N) is 2. The summed E-state index contributed by atoms with van der Waals surface area (Å²) in [5.74, 6) is 1.07. The highest BCUT2D eigenvalue weighted by atomic mass is 127. The van der Waals surface area contributed by atoms with Gasteiger partial charge < -0.3 is 9.73 Å². The van der Waals surface area contributed by atoms with Crippen molar-refractivity contribution in [3.8, 4) is 11.5 Å². The Morgan fingerprint density at radius 3 is 2.83 bits per heavy atom. The van der Waals surface area contributed by atoms with E-state index in [1.807, 2.05) is 18.2 Å². The summed E-state index contributed by atoms with van der Waals surface area (Å²) < 4.78 is 6.57. The molecule has 2 rings (SSSR count). The van der Waals surface area contributed by atoms with E-state index in [-0.39, 0.29) is 0 Å². The van der Waals surface area contributed by atoms with Crippen molar-refractivity contribution in [2.45, 2.75) is 26.4 Å². The molecule has 1 N–H and O–H groups in total. The Hall–Kier alpha value is -0.660. The zero-order chi connectivity index (χ0) is 13.1. The second-order valence-corrected chi connectivity index (χ2v) is 5.73. The van der Waals surface area contributed by atoms with E-state index in [9.17, 15) is 0 Å². The summed E-state index contributed by atoms with van der Waals surface area (Å²) >= 11 is 8.24. The maximum absolute atomic E-state index is 6.06. The molecule has 0 unspecified atom stereocenters. The van der Waals surface area contributed by atoms with Gasteiger partial charge in [-0.15, -0.1) is 10.2 Å². The lowest BCUT2D eigenvalue weighted by Gasteiger charge is -2.03. The summed E-state index contributed by atoms with van der Waals surface area (Å²) in [6, 6.07) is 6.05. The highest BCUT2D eigenvalue weighted by Crippen LogP contribution is 2.25. The van der Waals surface area contributed by atoms with Crippen LogP contribution in [0.25, 0.3) is 11.5 Å². The molecule has 6 heteroatoms. The molecule has 0 radical (unpaired) electrons. The van der Waals surface area contributed by atoms with E-state index in [0.29, 0.717) is 29.4 Å². The van der Waals surface area contributed by atoms with Gasteiger partial charge in [-0.05, 0) is 40.8 Å². The first kappa shape index (κ1) is 13.8. The van der Waals surface area contributed by atoms with E-state index in [1.165, 1.54) is 0 Å². The lowest BCUT2D eigenvalue weighted by molar-refractivity contribution is 0.459. The SMILES string of the molecule is CC(C)NCc1nnc(-c2ccc(I)c(Cl)c2)o1. The standard InChI is InChI=1S/C12H13ClIN3O/c1-7(2)15-6-11-16-17-12(18-11)8-3-4-10(14)9(13)5-8/h3-5,7,15H,6H2,1-2H3. The summed E-state index contributed by atoms with van der Waals surface area (Å²) in [4.78, 5) is 0. The van der Waals surface area contributed by atoms with Gasteiger partial charge in [0.25, 0.3) is 0 Å². The normalized spacial score (nSPS) is 11.2. The van der Waals surface area contributed by atoms with Crippen molar-refractivity contribution in [1.82, 2.24) is 15.5 Å². The van der Waals surface area contributed by atoms with Crippen molar-refractivity contribution in [3.63, 3.8) is 0 Å². The Morgan fingerprint density at radius 2 is 2.17 bits per heavy atom. The predicted octanol–water partition coefficient (Wildman–Crippen LogP) is 3.49. The van der Waals surface area contributed by atoms with Crippen molar-refractivity contribution < 1.29 is 4.42 Å². The summed E-state index contributed by atoms with van der Waals surface area (Å²) in [6.45, 7) is 4.70. The Balaban J connectivity index is 2.16. The third kappa shape index (κ3) is 3.43. The number of nitrogens with one attached hydrogen (secondary N) is 1. The van der Waals surface area contributed by atoms with E-state index in [2.05, 4.69) is 52.0 Å². The van der Waals surface area contributed by atoms with Gasteiger partial charge in [-0.2, -0.15) is 0 Å². The number of halogens is 2. The molecule has 96 valence electrons. The lowest BCUT2D eigenvalue weighted by atomic mass is 10.2. The van der Waals surface area contributed by atoms with Crippen molar-refractivity contribution in [3.05, 3.63) is 32.7 Å². The van der Waals surface area contributed by atoms with E-state index >= 15 is 0 Å². The minimum absolute atomic E-state index is 0.382. The molecule has 0 atom stereocenters. The van der Waals surface area contributed by atoms with E-state index in [4.69, 9.17) is 16.0 Å². The fourth-order valence-corrected chi connectivity index (χ4v) is 1.88. The summed E-state index contributed by atoms with van der Waals surface area (Å²) in [7, 11) is 0. The van der Waals surface area contributed by atoms with Crippen LogP contribution in [0.5, 0.6) is 0 Å². The molecule has 18 heavy (non-hydrogen) atoms. The first-order chi connectivity index (χ1) is 8.56. The molecule has 1 aromatic heterocycles. The minimum Gasteiger partial charge on any atom is -0.419 e. The third-order valence-electron chi connectivity index (χ3n) is 2.29. The van der Waals surface area contributed by atoms with Gasteiger partial charge in [-0.1, -0.05) is 25.4 Å². The molecule has 0 saturated carbocycles. The fourth-order valence-electron chi connectivity index (χ4n) is 1.36. The molecule has 0 amide bonds. The largest absolute Gasteiger partial charge is 0.419 e. The zero-order valence-electron chi connectivity index (χ0n) is 10.1. The quantitative estimate of drug-likeness (QED) is 0.829. The average Bonchev–Trinajstić information content (AvgIpc) is 2.79. The van der Waals surface area contributed by atoms with Gasteiger partial charge in [-0.3, -0.25) is 0 Å². The first-order valence-electron chi connectivity index (χ1n) is 5.57. The first-order valence-corrected chi connectivity index (χ1v) is 7.03. The van der Waals surface area contributed by atoms with Crippen LogP contribution in [0.15, 0.2) is 22.6 Å². The van der Waals surface area contributed by atoms with Gasteiger partial charge >= 0.3 is 0 Å². The van der Waals surface area contributed by atoms with Crippen LogP contribution in [0.3, 0.4) is 0 Å². The molecular formula is C12H13ClIN3O. The van der Waals surface area contributed by atoms with E-state index in [1.54, 1.807) is 0 Å². The number of rotatable bonds is 4. The van der Waals surface area contributed by atoms with Crippen LogP contribution in [0, 0.1) is 3.57 Å². The average molecular weight is 378 g/mol. The second-order valence-electron chi connectivity index (χ2n) is 4.17.